The standard InChI is InChI=1S/C18H28N2O3/c1-12(2)10-16(21)20-17(13(3)4)18(22)19-15-9-7-6-8-14(15)11-23-5/h6-9,12-13,17H,10-11H2,1-5H3,(H,19,22)(H,20,21). The number of nitrogens with one attached hydrogen (secondary N) is 2. The lowest BCUT2D eigenvalue weighted by Crippen LogP contribution is -2.47. The predicted molar refractivity (Wildman–Crippen MR) is 92.0 cm³/mol. The molecule has 0 saturated heterocycles. The minimum atomic E-state index is -0.558. The average molecular weight is 320 g/mol. The van der Waals surface area contributed by atoms with Crippen molar-refractivity contribution in [1.29, 1.82) is 0 Å². The Morgan fingerprint density at radius 2 is 1.78 bits per heavy atom. The quantitative estimate of drug-likeness (QED) is 0.774. The minimum Gasteiger partial charge on any atom is -0.380 e. The van der Waals surface area contributed by atoms with Gasteiger partial charge in [-0.2, -0.15) is 0 Å². The first-order chi connectivity index (χ1) is 10.8. The van der Waals surface area contributed by atoms with Crippen molar-refractivity contribution in [3.63, 3.8) is 0 Å². The number of hydrogen-bond donors (Lipinski definition) is 2. The number of methoxy groups -OCH3 is 1. The summed E-state index contributed by atoms with van der Waals surface area (Å²) in [6.45, 7) is 8.21. The second-order valence-electron chi connectivity index (χ2n) is 6.47. The Morgan fingerprint density at radius 1 is 1.13 bits per heavy atom. The van der Waals surface area contributed by atoms with Crippen molar-refractivity contribution in [2.24, 2.45) is 11.8 Å². The number of anilines is 1. The molecular weight excluding hydrogens is 292 g/mol. The summed E-state index contributed by atoms with van der Waals surface area (Å²) in [6.07, 6.45) is 0.413. The van der Waals surface area contributed by atoms with Gasteiger partial charge in [-0.1, -0.05) is 45.9 Å². The molecule has 0 radical (unpaired) electrons. The van der Waals surface area contributed by atoms with Crippen LogP contribution in [0.5, 0.6) is 0 Å². The molecule has 23 heavy (non-hydrogen) atoms. The fourth-order valence-electron chi connectivity index (χ4n) is 2.27. The number of carbonyl (C=O) groups excluding carboxylic acids is 2. The second kappa shape index (κ2) is 9.30. The molecule has 0 bridgehead atoms. The van der Waals surface area contributed by atoms with E-state index in [0.717, 1.165) is 5.56 Å². The number of hydrogen-bond acceptors (Lipinski definition) is 3. The molecule has 0 fully saturated rings. The van der Waals surface area contributed by atoms with Gasteiger partial charge in [0.2, 0.25) is 11.8 Å². The Labute approximate surface area is 138 Å². The third-order valence-corrected chi connectivity index (χ3v) is 3.43. The lowest BCUT2D eigenvalue weighted by Gasteiger charge is -2.23. The molecule has 0 aliphatic heterocycles. The molecule has 1 atom stereocenters. The Morgan fingerprint density at radius 3 is 2.35 bits per heavy atom. The third kappa shape index (κ3) is 6.40. The molecule has 2 amide bonds. The topological polar surface area (TPSA) is 67.4 Å². The summed E-state index contributed by atoms with van der Waals surface area (Å²) in [5, 5.41) is 5.74. The largest absolute Gasteiger partial charge is 0.380 e. The summed E-state index contributed by atoms with van der Waals surface area (Å²) >= 11 is 0. The molecule has 0 aromatic heterocycles. The van der Waals surface area contributed by atoms with Crippen LogP contribution < -0.4 is 10.6 Å². The van der Waals surface area contributed by atoms with Gasteiger partial charge in [0.15, 0.2) is 0 Å². The summed E-state index contributed by atoms with van der Waals surface area (Å²) < 4.78 is 5.15. The first kappa shape index (κ1) is 19.2. The SMILES string of the molecule is COCc1ccccc1NC(=O)C(NC(=O)CC(C)C)C(C)C. The van der Waals surface area contributed by atoms with E-state index in [4.69, 9.17) is 4.74 Å². The summed E-state index contributed by atoms with van der Waals surface area (Å²) in [4.78, 5) is 24.5. The van der Waals surface area contributed by atoms with Crippen molar-refractivity contribution >= 4 is 17.5 Å². The highest BCUT2D eigenvalue weighted by molar-refractivity contribution is 5.97. The van der Waals surface area contributed by atoms with Crippen molar-refractivity contribution in [3.8, 4) is 0 Å². The fraction of sp³-hybridized carbons (Fsp3) is 0.556. The number of rotatable bonds is 8. The van der Waals surface area contributed by atoms with Gasteiger partial charge in [-0.15, -0.1) is 0 Å². The van der Waals surface area contributed by atoms with Crippen LogP contribution in [0.1, 0.15) is 39.7 Å². The number of amides is 2. The Kier molecular flexibility index (Phi) is 7.75. The number of carbonyl (C=O) groups is 2. The van der Waals surface area contributed by atoms with Crippen molar-refractivity contribution in [3.05, 3.63) is 29.8 Å². The Balaban J connectivity index is 2.81. The van der Waals surface area contributed by atoms with Gasteiger partial charge in [-0.25, -0.2) is 0 Å². The summed E-state index contributed by atoms with van der Waals surface area (Å²) in [5.74, 6) is -0.0475. The van der Waals surface area contributed by atoms with E-state index < -0.39 is 6.04 Å². The van der Waals surface area contributed by atoms with Crippen LogP contribution in [0, 0.1) is 11.8 Å². The highest BCUT2D eigenvalue weighted by atomic mass is 16.5. The summed E-state index contributed by atoms with van der Waals surface area (Å²) in [6, 6.07) is 6.93. The molecule has 5 nitrogen and oxygen atoms in total. The summed E-state index contributed by atoms with van der Waals surface area (Å²) in [7, 11) is 1.61. The third-order valence-electron chi connectivity index (χ3n) is 3.43. The maximum atomic E-state index is 12.6. The van der Waals surface area contributed by atoms with Gasteiger partial charge < -0.3 is 15.4 Å². The Hall–Kier alpha value is -1.88. The van der Waals surface area contributed by atoms with Gasteiger partial charge >= 0.3 is 0 Å². The smallest absolute Gasteiger partial charge is 0.247 e. The molecule has 1 aromatic carbocycles. The number of ether oxygens (including phenoxy) is 1. The van der Waals surface area contributed by atoms with E-state index >= 15 is 0 Å². The molecule has 0 heterocycles. The molecule has 1 aromatic rings. The maximum Gasteiger partial charge on any atom is 0.247 e. The Bertz CT molecular complexity index is 527. The first-order valence-electron chi connectivity index (χ1n) is 8.02. The van der Waals surface area contributed by atoms with Gasteiger partial charge in [0.1, 0.15) is 6.04 Å². The van der Waals surface area contributed by atoms with Gasteiger partial charge in [-0.05, 0) is 17.9 Å². The molecule has 1 rings (SSSR count). The van der Waals surface area contributed by atoms with Gasteiger partial charge in [-0.3, -0.25) is 9.59 Å². The zero-order valence-electron chi connectivity index (χ0n) is 14.7. The van der Waals surface area contributed by atoms with E-state index in [1.807, 2.05) is 52.0 Å². The van der Waals surface area contributed by atoms with E-state index in [9.17, 15) is 9.59 Å². The first-order valence-corrected chi connectivity index (χ1v) is 8.02. The van der Waals surface area contributed by atoms with E-state index in [-0.39, 0.29) is 23.7 Å². The van der Waals surface area contributed by atoms with Crippen molar-refractivity contribution in [2.75, 3.05) is 12.4 Å². The van der Waals surface area contributed by atoms with Crippen molar-refractivity contribution in [2.45, 2.75) is 46.8 Å². The van der Waals surface area contributed by atoms with Crippen LogP contribution in [0.25, 0.3) is 0 Å². The predicted octanol–water partition coefficient (Wildman–Crippen LogP) is 2.96. The zero-order chi connectivity index (χ0) is 17.4. The van der Waals surface area contributed by atoms with Gasteiger partial charge in [0.05, 0.1) is 6.61 Å². The van der Waals surface area contributed by atoms with Crippen LogP contribution in [0.3, 0.4) is 0 Å². The van der Waals surface area contributed by atoms with Crippen LogP contribution >= 0.6 is 0 Å². The molecule has 0 saturated carbocycles. The molecule has 2 N–H and O–H groups in total. The maximum absolute atomic E-state index is 12.6. The highest BCUT2D eigenvalue weighted by Crippen LogP contribution is 2.17. The van der Waals surface area contributed by atoms with E-state index in [1.165, 1.54) is 0 Å². The van der Waals surface area contributed by atoms with Crippen LogP contribution in [0.15, 0.2) is 24.3 Å². The fourth-order valence-corrected chi connectivity index (χ4v) is 2.27. The van der Waals surface area contributed by atoms with E-state index in [2.05, 4.69) is 10.6 Å². The van der Waals surface area contributed by atoms with Crippen LogP contribution in [-0.4, -0.2) is 25.0 Å². The lowest BCUT2D eigenvalue weighted by atomic mass is 10.0. The van der Waals surface area contributed by atoms with Crippen LogP contribution in [0.4, 0.5) is 5.69 Å². The van der Waals surface area contributed by atoms with Gasteiger partial charge in [0.25, 0.3) is 0 Å². The van der Waals surface area contributed by atoms with E-state index in [0.29, 0.717) is 18.7 Å². The molecule has 1 unspecified atom stereocenters. The highest BCUT2D eigenvalue weighted by Gasteiger charge is 2.24. The average Bonchev–Trinajstić information content (AvgIpc) is 2.46. The van der Waals surface area contributed by atoms with E-state index in [1.54, 1.807) is 7.11 Å². The zero-order valence-corrected chi connectivity index (χ0v) is 14.7. The number of para-hydroxylation sites is 1. The van der Waals surface area contributed by atoms with Crippen LogP contribution in [0.2, 0.25) is 0 Å². The monoisotopic (exact) mass is 320 g/mol. The molecule has 0 aliphatic carbocycles. The molecule has 128 valence electrons. The molecule has 0 aliphatic rings. The molecular formula is C18H28N2O3. The normalized spacial score (nSPS) is 12.3. The number of benzene rings is 1. The summed E-state index contributed by atoms with van der Waals surface area (Å²) in [5.41, 5.74) is 1.61. The second-order valence-corrected chi connectivity index (χ2v) is 6.47. The molecule has 5 heteroatoms. The molecule has 0 spiro atoms. The van der Waals surface area contributed by atoms with Gasteiger partial charge in [0, 0.05) is 24.8 Å². The van der Waals surface area contributed by atoms with Crippen LogP contribution in [-0.2, 0) is 20.9 Å². The van der Waals surface area contributed by atoms with Crippen molar-refractivity contribution < 1.29 is 14.3 Å². The van der Waals surface area contributed by atoms with Crippen molar-refractivity contribution in [1.82, 2.24) is 5.32 Å². The minimum absolute atomic E-state index is 0.000648. The lowest BCUT2D eigenvalue weighted by molar-refractivity contribution is -0.127.